The van der Waals surface area contributed by atoms with Crippen molar-refractivity contribution in [2.75, 3.05) is 18.1 Å². The van der Waals surface area contributed by atoms with E-state index in [-0.39, 0.29) is 0 Å². The molecular formula is C14H23N3OS2. The molecule has 2 unspecified atom stereocenters. The predicted molar refractivity (Wildman–Crippen MR) is 85.2 cm³/mol. The van der Waals surface area contributed by atoms with Crippen molar-refractivity contribution >= 4 is 23.5 Å². The van der Waals surface area contributed by atoms with Crippen molar-refractivity contribution in [1.82, 2.24) is 10.1 Å². The minimum absolute atomic E-state index is 0.395. The lowest BCUT2D eigenvalue weighted by atomic mass is 9.82. The fraction of sp³-hybridized carbons (Fsp3) is 0.857. The number of rotatable bonds is 3. The molecule has 3 rings (SSSR count). The van der Waals surface area contributed by atoms with E-state index >= 15 is 0 Å². The molecule has 0 aromatic carbocycles. The van der Waals surface area contributed by atoms with Crippen molar-refractivity contribution in [3.05, 3.63) is 11.7 Å². The Labute approximate surface area is 129 Å². The molecule has 0 amide bonds. The first kappa shape index (κ1) is 14.7. The summed E-state index contributed by atoms with van der Waals surface area (Å²) in [6.07, 6.45) is 4.68. The SMILES string of the molecule is CC1SCCSC1c1noc(C2CCC(CN)CC2)n1. The van der Waals surface area contributed by atoms with Gasteiger partial charge in [-0.3, -0.25) is 0 Å². The van der Waals surface area contributed by atoms with E-state index in [0.29, 0.717) is 22.3 Å². The predicted octanol–water partition coefficient (Wildman–Crippen LogP) is 3.21. The van der Waals surface area contributed by atoms with Crippen molar-refractivity contribution in [2.24, 2.45) is 11.7 Å². The van der Waals surface area contributed by atoms with Crippen LogP contribution in [0.3, 0.4) is 0 Å². The lowest BCUT2D eigenvalue weighted by Gasteiger charge is -2.25. The monoisotopic (exact) mass is 313 g/mol. The molecule has 2 aliphatic rings. The van der Waals surface area contributed by atoms with E-state index in [0.717, 1.165) is 31.1 Å². The van der Waals surface area contributed by atoms with Gasteiger partial charge in [-0.2, -0.15) is 16.7 Å². The van der Waals surface area contributed by atoms with Crippen molar-refractivity contribution in [1.29, 1.82) is 0 Å². The third-order valence-electron chi connectivity index (χ3n) is 4.43. The Morgan fingerprint density at radius 2 is 1.95 bits per heavy atom. The van der Waals surface area contributed by atoms with E-state index in [9.17, 15) is 0 Å². The Balaban J connectivity index is 1.64. The van der Waals surface area contributed by atoms with Crippen LogP contribution in [0.15, 0.2) is 4.52 Å². The summed E-state index contributed by atoms with van der Waals surface area (Å²) >= 11 is 3.98. The van der Waals surface area contributed by atoms with Gasteiger partial charge in [-0.05, 0) is 38.1 Å². The van der Waals surface area contributed by atoms with Crippen LogP contribution < -0.4 is 5.73 Å². The lowest BCUT2D eigenvalue weighted by molar-refractivity contribution is 0.274. The van der Waals surface area contributed by atoms with Crippen molar-refractivity contribution < 1.29 is 4.52 Å². The zero-order valence-corrected chi connectivity index (χ0v) is 13.6. The summed E-state index contributed by atoms with van der Waals surface area (Å²) in [5.41, 5.74) is 5.75. The second kappa shape index (κ2) is 6.71. The molecule has 1 saturated carbocycles. The Kier molecular flexibility index (Phi) is 4.94. The fourth-order valence-corrected chi connectivity index (χ4v) is 5.77. The van der Waals surface area contributed by atoms with Gasteiger partial charge in [0.15, 0.2) is 5.82 Å². The van der Waals surface area contributed by atoms with Gasteiger partial charge in [0, 0.05) is 22.7 Å². The van der Waals surface area contributed by atoms with Crippen LogP contribution in [0.25, 0.3) is 0 Å². The van der Waals surface area contributed by atoms with E-state index in [1.54, 1.807) is 0 Å². The molecule has 0 bridgehead atoms. The molecule has 0 spiro atoms. The fourth-order valence-electron chi connectivity index (χ4n) is 3.09. The van der Waals surface area contributed by atoms with Crippen molar-refractivity contribution in [3.63, 3.8) is 0 Å². The maximum atomic E-state index is 5.75. The first-order valence-electron chi connectivity index (χ1n) is 7.54. The Hall–Kier alpha value is -0.200. The van der Waals surface area contributed by atoms with Crippen molar-refractivity contribution in [3.8, 4) is 0 Å². The first-order chi connectivity index (χ1) is 9.78. The molecule has 1 aromatic rings. The number of nitrogens with zero attached hydrogens (tertiary/aromatic N) is 2. The summed E-state index contributed by atoms with van der Waals surface area (Å²) in [5, 5.41) is 5.23. The van der Waals surface area contributed by atoms with Gasteiger partial charge in [-0.15, -0.1) is 11.8 Å². The highest BCUT2D eigenvalue weighted by molar-refractivity contribution is 8.06. The highest BCUT2D eigenvalue weighted by Crippen LogP contribution is 2.42. The van der Waals surface area contributed by atoms with E-state index < -0.39 is 0 Å². The molecule has 1 aliphatic carbocycles. The van der Waals surface area contributed by atoms with Crippen LogP contribution in [0.5, 0.6) is 0 Å². The third kappa shape index (κ3) is 3.17. The van der Waals surface area contributed by atoms with E-state index in [1.807, 2.05) is 23.5 Å². The van der Waals surface area contributed by atoms with Crippen LogP contribution in [0.4, 0.5) is 0 Å². The Morgan fingerprint density at radius 3 is 2.65 bits per heavy atom. The van der Waals surface area contributed by atoms with Gasteiger partial charge in [0.05, 0.1) is 5.25 Å². The van der Waals surface area contributed by atoms with E-state index in [1.165, 1.54) is 24.3 Å². The number of aromatic nitrogens is 2. The molecule has 4 nitrogen and oxygen atoms in total. The van der Waals surface area contributed by atoms with E-state index in [2.05, 4.69) is 12.1 Å². The quantitative estimate of drug-likeness (QED) is 0.924. The van der Waals surface area contributed by atoms with Gasteiger partial charge in [0.2, 0.25) is 5.89 Å². The summed E-state index contributed by atoms with van der Waals surface area (Å²) < 4.78 is 5.56. The van der Waals surface area contributed by atoms with Gasteiger partial charge in [-0.25, -0.2) is 0 Å². The minimum Gasteiger partial charge on any atom is -0.339 e. The second-order valence-corrected chi connectivity index (χ2v) is 8.55. The molecule has 2 atom stereocenters. The molecule has 1 aromatic heterocycles. The summed E-state index contributed by atoms with van der Waals surface area (Å²) in [7, 11) is 0. The number of hydrogen-bond donors (Lipinski definition) is 1. The molecular weight excluding hydrogens is 290 g/mol. The van der Waals surface area contributed by atoms with Crippen LogP contribution in [0.1, 0.15) is 55.5 Å². The smallest absolute Gasteiger partial charge is 0.229 e. The zero-order valence-electron chi connectivity index (χ0n) is 12.0. The maximum absolute atomic E-state index is 5.75. The molecule has 6 heteroatoms. The Morgan fingerprint density at radius 1 is 1.20 bits per heavy atom. The summed E-state index contributed by atoms with van der Waals surface area (Å²) in [5.74, 6) is 5.33. The van der Waals surface area contributed by atoms with Crippen LogP contribution in [-0.4, -0.2) is 33.4 Å². The normalized spacial score (nSPS) is 35.1. The van der Waals surface area contributed by atoms with Gasteiger partial charge in [-0.1, -0.05) is 12.1 Å². The van der Waals surface area contributed by atoms with Gasteiger partial charge >= 0.3 is 0 Å². The molecule has 1 aliphatic heterocycles. The average Bonchev–Trinajstić information content (AvgIpc) is 2.97. The molecule has 2 fully saturated rings. The standard InChI is InChI=1S/C14H23N3OS2/c1-9-12(20-7-6-19-9)13-16-14(18-17-13)11-4-2-10(8-15)3-5-11/h9-12H,2-8,15H2,1H3. The second-order valence-electron chi connectivity index (χ2n) is 5.81. The molecule has 2 N–H and O–H groups in total. The molecule has 2 heterocycles. The summed E-state index contributed by atoms with van der Waals surface area (Å²) in [6.45, 7) is 3.08. The molecule has 0 radical (unpaired) electrons. The third-order valence-corrected chi connectivity index (χ3v) is 7.52. The van der Waals surface area contributed by atoms with Gasteiger partial charge in [0.1, 0.15) is 0 Å². The highest BCUT2D eigenvalue weighted by Gasteiger charge is 2.31. The lowest BCUT2D eigenvalue weighted by Crippen LogP contribution is -2.21. The minimum atomic E-state index is 0.395. The average molecular weight is 313 g/mol. The Bertz CT molecular complexity index is 432. The molecule has 112 valence electrons. The van der Waals surface area contributed by atoms with Crippen LogP contribution >= 0.6 is 23.5 Å². The number of hydrogen-bond acceptors (Lipinski definition) is 6. The number of thioether (sulfide) groups is 2. The van der Waals surface area contributed by atoms with Gasteiger partial charge < -0.3 is 10.3 Å². The van der Waals surface area contributed by atoms with E-state index in [4.69, 9.17) is 15.2 Å². The topological polar surface area (TPSA) is 64.9 Å². The summed E-state index contributed by atoms with van der Waals surface area (Å²) in [6, 6.07) is 0. The number of nitrogens with two attached hydrogens (primary N) is 1. The largest absolute Gasteiger partial charge is 0.339 e. The molecule has 20 heavy (non-hydrogen) atoms. The van der Waals surface area contributed by atoms with Gasteiger partial charge in [0.25, 0.3) is 0 Å². The molecule has 1 saturated heterocycles. The highest BCUT2D eigenvalue weighted by atomic mass is 32.2. The first-order valence-corrected chi connectivity index (χ1v) is 9.64. The summed E-state index contributed by atoms with van der Waals surface area (Å²) in [4.78, 5) is 4.72. The van der Waals surface area contributed by atoms with Crippen LogP contribution in [0.2, 0.25) is 0 Å². The van der Waals surface area contributed by atoms with Crippen LogP contribution in [-0.2, 0) is 0 Å². The van der Waals surface area contributed by atoms with Crippen molar-refractivity contribution in [2.45, 2.75) is 49.0 Å². The van der Waals surface area contributed by atoms with Crippen LogP contribution in [0, 0.1) is 5.92 Å². The maximum Gasteiger partial charge on any atom is 0.229 e. The zero-order chi connectivity index (χ0) is 13.9.